The SMILES string of the molecule is CCOC(=O)C(C)(C)c1nc(COCC(F)(F)F)no1. The van der Waals surface area contributed by atoms with E-state index in [4.69, 9.17) is 9.26 Å². The molecule has 0 aliphatic heterocycles. The van der Waals surface area contributed by atoms with Gasteiger partial charge in [0.1, 0.15) is 18.6 Å². The first kappa shape index (κ1) is 16.4. The molecule has 0 saturated carbocycles. The monoisotopic (exact) mass is 296 g/mol. The van der Waals surface area contributed by atoms with Crippen LogP contribution in [0.3, 0.4) is 0 Å². The van der Waals surface area contributed by atoms with Crippen molar-refractivity contribution in [2.75, 3.05) is 13.2 Å². The third-order valence-corrected chi connectivity index (χ3v) is 2.29. The summed E-state index contributed by atoms with van der Waals surface area (Å²) in [7, 11) is 0. The van der Waals surface area contributed by atoms with Crippen molar-refractivity contribution < 1.29 is 32.0 Å². The number of hydrogen-bond donors (Lipinski definition) is 0. The first-order valence-electron chi connectivity index (χ1n) is 5.81. The quantitative estimate of drug-likeness (QED) is 0.747. The normalized spacial score (nSPS) is 12.5. The average Bonchev–Trinajstić information content (AvgIpc) is 2.77. The number of hydrogen-bond acceptors (Lipinski definition) is 6. The van der Waals surface area contributed by atoms with Gasteiger partial charge in [-0.05, 0) is 20.8 Å². The minimum absolute atomic E-state index is 0.0402. The van der Waals surface area contributed by atoms with E-state index in [0.29, 0.717) is 0 Å². The molecule has 0 aliphatic rings. The van der Waals surface area contributed by atoms with E-state index in [1.165, 1.54) is 13.8 Å². The average molecular weight is 296 g/mol. The predicted molar refractivity (Wildman–Crippen MR) is 59.7 cm³/mol. The predicted octanol–water partition coefficient (Wildman–Crippen LogP) is 1.99. The van der Waals surface area contributed by atoms with Gasteiger partial charge in [0, 0.05) is 0 Å². The molecule has 114 valence electrons. The molecule has 0 aromatic carbocycles. The maximum atomic E-state index is 11.9. The van der Waals surface area contributed by atoms with Crippen LogP contribution in [0.15, 0.2) is 4.52 Å². The van der Waals surface area contributed by atoms with Gasteiger partial charge in [-0.2, -0.15) is 18.2 Å². The van der Waals surface area contributed by atoms with Crippen molar-refractivity contribution in [2.45, 2.75) is 39.0 Å². The number of ether oxygens (including phenoxy) is 2. The highest BCUT2D eigenvalue weighted by Crippen LogP contribution is 2.23. The minimum atomic E-state index is -4.42. The van der Waals surface area contributed by atoms with Crippen LogP contribution in [0.2, 0.25) is 0 Å². The van der Waals surface area contributed by atoms with Crippen LogP contribution in [0.5, 0.6) is 0 Å². The molecule has 0 N–H and O–H groups in total. The number of rotatable bonds is 6. The van der Waals surface area contributed by atoms with Crippen LogP contribution in [0.4, 0.5) is 13.2 Å². The Balaban J connectivity index is 2.65. The molecule has 0 amide bonds. The second kappa shape index (κ2) is 6.21. The summed E-state index contributed by atoms with van der Waals surface area (Å²) >= 11 is 0. The molecule has 1 aromatic heterocycles. The summed E-state index contributed by atoms with van der Waals surface area (Å²) in [4.78, 5) is 15.5. The van der Waals surface area contributed by atoms with E-state index in [2.05, 4.69) is 14.9 Å². The van der Waals surface area contributed by atoms with Crippen LogP contribution >= 0.6 is 0 Å². The lowest BCUT2D eigenvalue weighted by Gasteiger charge is -2.16. The Kier molecular flexibility index (Phi) is 5.09. The molecule has 6 nitrogen and oxygen atoms in total. The van der Waals surface area contributed by atoms with Gasteiger partial charge in [0.15, 0.2) is 5.82 Å². The summed E-state index contributed by atoms with van der Waals surface area (Å²) in [5.41, 5.74) is -1.18. The molecule has 0 bridgehead atoms. The first-order chi connectivity index (χ1) is 9.16. The highest BCUT2D eigenvalue weighted by atomic mass is 19.4. The van der Waals surface area contributed by atoms with Crippen LogP contribution in [-0.4, -0.2) is 35.5 Å². The zero-order valence-electron chi connectivity index (χ0n) is 11.3. The molecule has 0 unspecified atom stereocenters. The van der Waals surface area contributed by atoms with E-state index in [-0.39, 0.29) is 18.3 Å². The number of carbonyl (C=O) groups is 1. The molecule has 1 heterocycles. The van der Waals surface area contributed by atoms with E-state index in [1.54, 1.807) is 6.92 Å². The zero-order valence-corrected chi connectivity index (χ0v) is 11.3. The summed E-state index contributed by atoms with van der Waals surface area (Å²) < 4.78 is 49.8. The van der Waals surface area contributed by atoms with Gasteiger partial charge in [-0.25, -0.2) is 0 Å². The lowest BCUT2D eigenvalue weighted by atomic mass is 9.94. The number of esters is 1. The van der Waals surface area contributed by atoms with Crippen molar-refractivity contribution in [3.05, 3.63) is 11.7 Å². The molecule has 0 saturated heterocycles. The van der Waals surface area contributed by atoms with Crippen LogP contribution in [0, 0.1) is 0 Å². The molecule has 0 spiro atoms. The fraction of sp³-hybridized carbons (Fsp3) is 0.727. The number of nitrogens with zero attached hydrogens (tertiary/aromatic N) is 2. The van der Waals surface area contributed by atoms with Crippen LogP contribution in [-0.2, 0) is 26.3 Å². The standard InChI is InChI=1S/C11H15F3N2O4/c1-4-19-9(17)10(2,3)8-15-7(16-20-8)5-18-6-11(12,13)14/h4-6H2,1-3H3. The van der Waals surface area contributed by atoms with E-state index < -0.39 is 30.8 Å². The highest BCUT2D eigenvalue weighted by Gasteiger charge is 2.37. The van der Waals surface area contributed by atoms with Crippen LogP contribution in [0.25, 0.3) is 0 Å². The Bertz CT molecular complexity index is 457. The topological polar surface area (TPSA) is 74.5 Å². The lowest BCUT2D eigenvalue weighted by Crippen LogP contribution is -2.31. The molecular formula is C11H15F3N2O4. The number of alkyl halides is 3. The molecule has 20 heavy (non-hydrogen) atoms. The fourth-order valence-electron chi connectivity index (χ4n) is 1.22. The van der Waals surface area contributed by atoms with E-state index in [0.717, 1.165) is 0 Å². The zero-order chi connectivity index (χ0) is 15.4. The second-order valence-corrected chi connectivity index (χ2v) is 4.47. The Hall–Kier alpha value is -1.64. The minimum Gasteiger partial charge on any atom is -0.465 e. The van der Waals surface area contributed by atoms with Crippen molar-refractivity contribution in [3.63, 3.8) is 0 Å². The molecule has 0 atom stereocenters. The smallest absolute Gasteiger partial charge is 0.411 e. The Morgan fingerprint density at radius 1 is 1.35 bits per heavy atom. The maximum Gasteiger partial charge on any atom is 0.411 e. The Labute approximate surface area is 113 Å². The van der Waals surface area contributed by atoms with E-state index >= 15 is 0 Å². The van der Waals surface area contributed by atoms with Gasteiger partial charge in [-0.15, -0.1) is 0 Å². The van der Waals surface area contributed by atoms with E-state index in [1.807, 2.05) is 0 Å². The third kappa shape index (κ3) is 4.48. The summed E-state index contributed by atoms with van der Waals surface area (Å²) in [6.45, 7) is 3.01. The van der Waals surface area contributed by atoms with Crippen LogP contribution in [0.1, 0.15) is 32.5 Å². The van der Waals surface area contributed by atoms with Gasteiger partial charge >= 0.3 is 12.1 Å². The number of aromatic nitrogens is 2. The highest BCUT2D eigenvalue weighted by molar-refractivity contribution is 5.80. The third-order valence-electron chi connectivity index (χ3n) is 2.29. The number of carbonyl (C=O) groups excluding carboxylic acids is 1. The summed E-state index contributed by atoms with van der Waals surface area (Å²) in [5, 5.41) is 3.46. The summed E-state index contributed by atoms with van der Waals surface area (Å²) in [5.74, 6) is -0.672. The molecule has 1 rings (SSSR count). The van der Waals surface area contributed by atoms with Gasteiger partial charge < -0.3 is 14.0 Å². The Morgan fingerprint density at radius 2 is 2.00 bits per heavy atom. The lowest BCUT2D eigenvalue weighted by molar-refractivity contribution is -0.177. The molecule has 0 fully saturated rings. The van der Waals surface area contributed by atoms with Gasteiger partial charge in [-0.1, -0.05) is 5.16 Å². The molecular weight excluding hydrogens is 281 g/mol. The van der Waals surface area contributed by atoms with Crippen molar-refractivity contribution in [1.82, 2.24) is 10.1 Å². The van der Waals surface area contributed by atoms with Gasteiger partial charge in [0.2, 0.25) is 5.89 Å². The van der Waals surface area contributed by atoms with Gasteiger partial charge in [-0.3, -0.25) is 4.79 Å². The van der Waals surface area contributed by atoms with Crippen molar-refractivity contribution in [1.29, 1.82) is 0 Å². The van der Waals surface area contributed by atoms with Crippen LogP contribution < -0.4 is 0 Å². The van der Waals surface area contributed by atoms with Crippen molar-refractivity contribution in [2.24, 2.45) is 0 Å². The largest absolute Gasteiger partial charge is 0.465 e. The van der Waals surface area contributed by atoms with Crippen molar-refractivity contribution >= 4 is 5.97 Å². The first-order valence-corrected chi connectivity index (χ1v) is 5.81. The number of halogens is 3. The Morgan fingerprint density at radius 3 is 2.55 bits per heavy atom. The van der Waals surface area contributed by atoms with Gasteiger partial charge in [0.05, 0.1) is 6.61 Å². The van der Waals surface area contributed by atoms with E-state index in [9.17, 15) is 18.0 Å². The molecule has 1 aromatic rings. The molecule has 9 heteroatoms. The van der Waals surface area contributed by atoms with Gasteiger partial charge in [0.25, 0.3) is 0 Å². The summed E-state index contributed by atoms with van der Waals surface area (Å²) in [6.07, 6.45) is -4.42. The molecule has 0 radical (unpaired) electrons. The molecule has 0 aliphatic carbocycles. The van der Waals surface area contributed by atoms with Crippen molar-refractivity contribution in [3.8, 4) is 0 Å². The fourth-order valence-corrected chi connectivity index (χ4v) is 1.22. The summed E-state index contributed by atoms with van der Waals surface area (Å²) in [6, 6.07) is 0. The maximum absolute atomic E-state index is 11.9. The second-order valence-electron chi connectivity index (χ2n) is 4.47.